The molecule has 0 saturated carbocycles. The van der Waals surface area contributed by atoms with E-state index in [9.17, 15) is 14.4 Å². The predicted octanol–water partition coefficient (Wildman–Crippen LogP) is 7.93. The molecule has 216 valence electrons. The van der Waals surface area contributed by atoms with Crippen LogP contribution in [0, 0.1) is 0 Å². The Labute approximate surface area is 227 Å². The van der Waals surface area contributed by atoms with Gasteiger partial charge >= 0.3 is 11.9 Å². The SMILES string of the molecule is CCCCCC/C=C\COC(=O)CN(C=O)CC(=O)OC(CCCCCCCC)CCCCCCCC. The van der Waals surface area contributed by atoms with Crippen LogP contribution < -0.4 is 0 Å². The minimum atomic E-state index is -0.522. The molecule has 6 nitrogen and oxygen atoms in total. The summed E-state index contributed by atoms with van der Waals surface area (Å²) in [4.78, 5) is 37.2. The number of ether oxygens (including phenoxy) is 2. The average Bonchev–Trinajstić information content (AvgIpc) is 2.89. The summed E-state index contributed by atoms with van der Waals surface area (Å²) in [5.41, 5.74) is 0. The molecule has 0 unspecified atom stereocenters. The maximum absolute atomic E-state index is 12.6. The van der Waals surface area contributed by atoms with Gasteiger partial charge < -0.3 is 14.4 Å². The maximum atomic E-state index is 12.6. The van der Waals surface area contributed by atoms with Crippen LogP contribution >= 0.6 is 0 Å². The van der Waals surface area contributed by atoms with Gasteiger partial charge in [0.1, 0.15) is 25.8 Å². The molecule has 0 aromatic rings. The Morgan fingerprint density at radius 3 is 1.68 bits per heavy atom. The molecule has 0 aliphatic heterocycles. The maximum Gasteiger partial charge on any atom is 0.325 e. The Kier molecular flexibility index (Phi) is 25.8. The van der Waals surface area contributed by atoms with Crippen LogP contribution in [-0.2, 0) is 23.9 Å². The van der Waals surface area contributed by atoms with Gasteiger partial charge in [-0.05, 0) is 38.5 Å². The Morgan fingerprint density at radius 1 is 0.649 bits per heavy atom. The van der Waals surface area contributed by atoms with Crippen molar-refractivity contribution in [3.63, 3.8) is 0 Å². The van der Waals surface area contributed by atoms with E-state index in [1.54, 1.807) is 0 Å². The lowest BCUT2D eigenvalue weighted by Crippen LogP contribution is -2.36. The van der Waals surface area contributed by atoms with Crippen molar-refractivity contribution in [2.45, 2.75) is 149 Å². The minimum absolute atomic E-state index is 0.118. The molecule has 0 heterocycles. The normalized spacial score (nSPS) is 11.2. The summed E-state index contributed by atoms with van der Waals surface area (Å²) >= 11 is 0. The molecule has 0 fully saturated rings. The van der Waals surface area contributed by atoms with E-state index in [1.807, 2.05) is 12.2 Å². The van der Waals surface area contributed by atoms with Crippen molar-refractivity contribution in [2.24, 2.45) is 0 Å². The van der Waals surface area contributed by atoms with Gasteiger partial charge in [-0.15, -0.1) is 0 Å². The summed E-state index contributed by atoms with van der Waals surface area (Å²) in [7, 11) is 0. The van der Waals surface area contributed by atoms with Crippen molar-refractivity contribution in [1.29, 1.82) is 0 Å². The highest BCUT2D eigenvalue weighted by atomic mass is 16.5. The number of hydrogen-bond acceptors (Lipinski definition) is 5. The Morgan fingerprint density at radius 2 is 1.14 bits per heavy atom. The first-order chi connectivity index (χ1) is 18.1. The van der Waals surface area contributed by atoms with Crippen molar-refractivity contribution >= 4 is 18.3 Å². The van der Waals surface area contributed by atoms with Crippen molar-refractivity contribution in [3.05, 3.63) is 12.2 Å². The third-order valence-electron chi connectivity index (χ3n) is 6.60. The summed E-state index contributed by atoms with van der Waals surface area (Å²) in [6.45, 7) is 6.32. The third-order valence-corrected chi connectivity index (χ3v) is 6.60. The zero-order chi connectivity index (χ0) is 27.4. The van der Waals surface area contributed by atoms with Crippen molar-refractivity contribution < 1.29 is 23.9 Å². The van der Waals surface area contributed by atoms with Crippen molar-refractivity contribution in [1.82, 2.24) is 4.90 Å². The summed E-state index contributed by atoms with van der Waals surface area (Å²) in [5, 5.41) is 0. The molecule has 0 saturated heterocycles. The number of carbonyl (C=O) groups is 3. The van der Waals surface area contributed by atoms with Gasteiger partial charge in [-0.3, -0.25) is 14.4 Å². The number of allylic oxidation sites excluding steroid dienone is 1. The molecule has 0 aromatic heterocycles. The summed E-state index contributed by atoms with van der Waals surface area (Å²) < 4.78 is 10.9. The number of carbonyl (C=O) groups excluding carboxylic acids is 3. The van der Waals surface area contributed by atoms with Crippen LogP contribution in [-0.4, -0.2) is 49.0 Å². The second-order valence-corrected chi connectivity index (χ2v) is 10.2. The summed E-state index contributed by atoms with van der Waals surface area (Å²) in [5.74, 6) is -0.972. The van der Waals surface area contributed by atoms with Crippen LogP contribution in [0.3, 0.4) is 0 Å². The number of hydrogen-bond donors (Lipinski definition) is 0. The topological polar surface area (TPSA) is 72.9 Å². The lowest BCUT2D eigenvalue weighted by molar-refractivity contribution is -0.154. The van der Waals surface area contributed by atoms with Gasteiger partial charge in [0.15, 0.2) is 0 Å². The summed E-state index contributed by atoms with van der Waals surface area (Å²) in [6, 6.07) is 0. The fourth-order valence-corrected chi connectivity index (χ4v) is 4.31. The van der Waals surface area contributed by atoms with E-state index in [0.29, 0.717) is 6.41 Å². The van der Waals surface area contributed by atoms with E-state index in [1.165, 1.54) is 70.6 Å². The predicted molar refractivity (Wildman–Crippen MR) is 152 cm³/mol. The summed E-state index contributed by atoms with van der Waals surface area (Å²) in [6.07, 6.45) is 26.1. The third kappa shape index (κ3) is 24.3. The van der Waals surface area contributed by atoms with Crippen LogP contribution in [0.4, 0.5) is 0 Å². The van der Waals surface area contributed by atoms with Gasteiger partial charge in [0.2, 0.25) is 6.41 Å². The molecule has 0 rings (SSSR count). The molecule has 0 aromatic carbocycles. The minimum Gasteiger partial charge on any atom is -0.461 e. The number of esters is 2. The quantitative estimate of drug-likeness (QED) is 0.0473. The molecule has 0 aliphatic carbocycles. The second kappa shape index (κ2) is 27.2. The molecule has 0 atom stereocenters. The van der Waals surface area contributed by atoms with Crippen molar-refractivity contribution in [2.75, 3.05) is 19.7 Å². The van der Waals surface area contributed by atoms with Gasteiger partial charge in [0.25, 0.3) is 0 Å². The van der Waals surface area contributed by atoms with E-state index < -0.39 is 11.9 Å². The highest BCUT2D eigenvalue weighted by Gasteiger charge is 2.18. The molecular weight excluding hydrogens is 466 g/mol. The van der Waals surface area contributed by atoms with Gasteiger partial charge in [0.05, 0.1) is 0 Å². The van der Waals surface area contributed by atoms with Gasteiger partial charge in [0, 0.05) is 0 Å². The fourth-order valence-electron chi connectivity index (χ4n) is 4.31. The fraction of sp³-hybridized carbons (Fsp3) is 0.839. The van der Waals surface area contributed by atoms with E-state index in [4.69, 9.17) is 9.47 Å². The molecular formula is C31H57NO5. The number of rotatable bonds is 27. The first-order valence-electron chi connectivity index (χ1n) is 15.3. The largest absolute Gasteiger partial charge is 0.461 e. The lowest BCUT2D eigenvalue weighted by atomic mass is 10.0. The molecule has 6 heteroatoms. The molecule has 0 spiro atoms. The van der Waals surface area contributed by atoms with Crippen LogP contribution in [0.15, 0.2) is 12.2 Å². The van der Waals surface area contributed by atoms with Gasteiger partial charge in [-0.25, -0.2) is 0 Å². The number of nitrogens with zero attached hydrogens (tertiary/aromatic N) is 1. The smallest absolute Gasteiger partial charge is 0.325 e. The average molecular weight is 524 g/mol. The zero-order valence-electron chi connectivity index (χ0n) is 24.4. The first kappa shape index (κ1) is 35.2. The second-order valence-electron chi connectivity index (χ2n) is 10.2. The molecule has 0 aliphatic rings. The Hall–Kier alpha value is -1.85. The molecule has 0 radical (unpaired) electrons. The van der Waals surface area contributed by atoms with E-state index in [2.05, 4.69) is 20.8 Å². The van der Waals surface area contributed by atoms with Gasteiger partial charge in [-0.1, -0.05) is 116 Å². The first-order valence-corrected chi connectivity index (χ1v) is 15.3. The van der Waals surface area contributed by atoms with Crippen molar-refractivity contribution in [3.8, 4) is 0 Å². The molecule has 1 amide bonds. The highest BCUT2D eigenvalue weighted by Crippen LogP contribution is 2.17. The molecule has 37 heavy (non-hydrogen) atoms. The molecule has 0 N–H and O–H groups in total. The van der Waals surface area contributed by atoms with E-state index in [0.717, 1.165) is 56.3 Å². The standard InChI is InChI=1S/C31H57NO5/c1-4-7-10-13-16-19-22-25-36-30(34)26-32(28-33)27-31(35)37-29(23-20-17-14-11-8-5-2)24-21-18-15-12-9-6-3/h19,22,28-29H,4-18,20-21,23-27H2,1-3H3/b22-19-. The number of unbranched alkanes of at least 4 members (excludes halogenated alkanes) is 14. The van der Waals surface area contributed by atoms with Crippen LogP contribution in [0.1, 0.15) is 143 Å². The monoisotopic (exact) mass is 523 g/mol. The van der Waals surface area contributed by atoms with Crippen LogP contribution in [0.25, 0.3) is 0 Å². The number of amides is 1. The zero-order valence-corrected chi connectivity index (χ0v) is 24.4. The Bertz CT molecular complexity index is 562. The van der Waals surface area contributed by atoms with Crippen LogP contribution in [0.2, 0.25) is 0 Å². The van der Waals surface area contributed by atoms with Gasteiger partial charge in [-0.2, -0.15) is 0 Å². The van der Waals surface area contributed by atoms with E-state index >= 15 is 0 Å². The lowest BCUT2D eigenvalue weighted by Gasteiger charge is -2.21. The molecule has 0 bridgehead atoms. The van der Waals surface area contributed by atoms with Crippen LogP contribution in [0.5, 0.6) is 0 Å². The van der Waals surface area contributed by atoms with E-state index in [-0.39, 0.29) is 25.8 Å². The highest BCUT2D eigenvalue weighted by molar-refractivity contribution is 5.78. The Balaban J connectivity index is 4.41.